The van der Waals surface area contributed by atoms with Crippen LogP contribution in [0.15, 0.2) is 0 Å². The molecule has 17 heavy (non-hydrogen) atoms. The molecule has 0 radical (unpaired) electrons. The summed E-state index contributed by atoms with van der Waals surface area (Å²) in [6, 6.07) is 0.946. The van der Waals surface area contributed by atoms with Gasteiger partial charge in [0, 0.05) is 38.6 Å². The second kappa shape index (κ2) is 5.96. The molecular formula is C14H26N2O. The first-order valence-corrected chi connectivity index (χ1v) is 7.23. The Morgan fingerprint density at radius 3 is 2.53 bits per heavy atom. The predicted octanol–water partition coefficient (Wildman–Crippen LogP) is 1.91. The van der Waals surface area contributed by atoms with Gasteiger partial charge in [-0.3, -0.25) is 14.6 Å². The molecule has 0 N–H and O–H groups in total. The minimum absolute atomic E-state index is 0.253. The van der Waals surface area contributed by atoms with Gasteiger partial charge in [-0.2, -0.15) is 0 Å². The maximum absolute atomic E-state index is 11.9. The highest BCUT2D eigenvalue weighted by Crippen LogP contribution is 2.21. The average Bonchev–Trinajstić information content (AvgIpc) is 2.39. The Labute approximate surface area is 105 Å². The number of carbonyl (C=O) groups is 1. The second-order valence-electron chi connectivity index (χ2n) is 5.56. The van der Waals surface area contributed by atoms with Crippen LogP contribution in [0.3, 0.4) is 0 Å². The van der Waals surface area contributed by atoms with Crippen LogP contribution >= 0.6 is 0 Å². The zero-order valence-electron chi connectivity index (χ0n) is 11.3. The molecule has 2 atom stereocenters. The molecule has 2 unspecified atom stereocenters. The van der Waals surface area contributed by atoms with Gasteiger partial charge in [0.05, 0.1) is 6.04 Å². The third kappa shape index (κ3) is 3.08. The Balaban J connectivity index is 1.84. The molecule has 0 aromatic carbocycles. The van der Waals surface area contributed by atoms with Gasteiger partial charge < -0.3 is 0 Å². The molecule has 2 aliphatic rings. The molecule has 0 spiro atoms. The maximum atomic E-state index is 11.9. The van der Waals surface area contributed by atoms with Crippen LogP contribution in [0.4, 0.5) is 0 Å². The number of carbonyl (C=O) groups excluding carboxylic acids is 1. The first-order chi connectivity index (χ1) is 8.22. The Hall–Kier alpha value is -0.410. The van der Waals surface area contributed by atoms with Gasteiger partial charge in [0.2, 0.25) is 0 Å². The molecule has 2 fully saturated rings. The smallest absolute Gasteiger partial charge is 0.149 e. The fourth-order valence-corrected chi connectivity index (χ4v) is 3.10. The maximum Gasteiger partial charge on any atom is 0.149 e. The SMILES string of the molecule is CCC(C)N1CCN(C2CCCCC2=O)CC1. The summed E-state index contributed by atoms with van der Waals surface area (Å²) in [6.45, 7) is 9.00. The largest absolute Gasteiger partial charge is 0.298 e. The van der Waals surface area contributed by atoms with Gasteiger partial charge in [-0.15, -0.1) is 0 Å². The van der Waals surface area contributed by atoms with Crippen molar-refractivity contribution >= 4 is 5.78 Å². The summed E-state index contributed by atoms with van der Waals surface area (Å²) in [5.41, 5.74) is 0. The van der Waals surface area contributed by atoms with Crippen molar-refractivity contribution in [1.82, 2.24) is 9.80 Å². The zero-order chi connectivity index (χ0) is 12.3. The van der Waals surface area contributed by atoms with E-state index in [9.17, 15) is 4.79 Å². The van der Waals surface area contributed by atoms with E-state index in [1.54, 1.807) is 0 Å². The zero-order valence-corrected chi connectivity index (χ0v) is 11.3. The van der Waals surface area contributed by atoms with E-state index >= 15 is 0 Å². The molecule has 0 bridgehead atoms. The van der Waals surface area contributed by atoms with Gasteiger partial charge in [-0.05, 0) is 26.2 Å². The van der Waals surface area contributed by atoms with E-state index in [1.165, 1.54) is 12.8 Å². The summed E-state index contributed by atoms with van der Waals surface area (Å²) in [4.78, 5) is 16.9. The summed E-state index contributed by atoms with van der Waals surface area (Å²) >= 11 is 0. The van der Waals surface area contributed by atoms with Gasteiger partial charge in [0.25, 0.3) is 0 Å². The molecule has 0 amide bonds. The van der Waals surface area contributed by atoms with E-state index in [1.807, 2.05) is 0 Å². The molecule has 3 heteroatoms. The summed E-state index contributed by atoms with van der Waals surface area (Å²) in [7, 11) is 0. The van der Waals surface area contributed by atoms with Crippen LogP contribution in [0.2, 0.25) is 0 Å². The standard InChI is InChI=1S/C14H26N2O/c1-3-12(2)15-8-10-16(11-9-15)13-6-4-5-7-14(13)17/h12-13H,3-11H2,1-2H3. The topological polar surface area (TPSA) is 23.6 Å². The summed E-state index contributed by atoms with van der Waals surface area (Å²) in [6.07, 6.45) is 5.49. The monoisotopic (exact) mass is 238 g/mol. The second-order valence-corrected chi connectivity index (χ2v) is 5.56. The molecule has 0 aromatic heterocycles. The fraction of sp³-hybridized carbons (Fsp3) is 0.929. The van der Waals surface area contributed by atoms with Crippen LogP contribution in [-0.2, 0) is 4.79 Å². The summed E-state index contributed by atoms with van der Waals surface area (Å²) in [5.74, 6) is 0.494. The normalized spacial score (nSPS) is 30.5. The lowest BCUT2D eigenvalue weighted by molar-refractivity contribution is -0.127. The van der Waals surface area contributed by atoms with Crippen molar-refractivity contribution in [3.8, 4) is 0 Å². The number of piperazine rings is 1. The van der Waals surface area contributed by atoms with Gasteiger partial charge >= 0.3 is 0 Å². The van der Waals surface area contributed by atoms with E-state index < -0.39 is 0 Å². The number of ketones is 1. The summed E-state index contributed by atoms with van der Waals surface area (Å²) < 4.78 is 0. The van der Waals surface area contributed by atoms with Gasteiger partial charge in [-0.1, -0.05) is 13.3 Å². The fourth-order valence-electron chi connectivity index (χ4n) is 3.10. The predicted molar refractivity (Wildman–Crippen MR) is 70.2 cm³/mol. The van der Waals surface area contributed by atoms with Gasteiger partial charge in [0.15, 0.2) is 0 Å². The molecule has 3 nitrogen and oxygen atoms in total. The Bertz CT molecular complexity index is 259. The molecule has 1 saturated heterocycles. The minimum atomic E-state index is 0.253. The van der Waals surface area contributed by atoms with Crippen molar-refractivity contribution in [2.45, 2.75) is 58.0 Å². The third-order valence-electron chi connectivity index (χ3n) is 4.53. The minimum Gasteiger partial charge on any atom is -0.298 e. The molecule has 2 rings (SSSR count). The quantitative estimate of drug-likeness (QED) is 0.750. The molecule has 1 heterocycles. The van der Waals surface area contributed by atoms with E-state index in [4.69, 9.17) is 0 Å². The van der Waals surface area contributed by atoms with Crippen LogP contribution in [-0.4, -0.2) is 53.8 Å². The molecule has 1 aliphatic carbocycles. The first-order valence-electron chi connectivity index (χ1n) is 7.23. The lowest BCUT2D eigenvalue weighted by atomic mass is 9.92. The van der Waals surface area contributed by atoms with Crippen molar-refractivity contribution in [2.24, 2.45) is 0 Å². The van der Waals surface area contributed by atoms with E-state index in [0.29, 0.717) is 11.8 Å². The third-order valence-corrected chi connectivity index (χ3v) is 4.53. The number of hydrogen-bond acceptors (Lipinski definition) is 3. The van der Waals surface area contributed by atoms with Crippen molar-refractivity contribution in [1.29, 1.82) is 0 Å². The Morgan fingerprint density at radius 1 is 1.24 bits per heavy atom. The lowest BCUT2D eigenvalue weighted by Gasteiger charge is -2.41. The van der Waals surface area contributed by atoms with Crippen LogP contribution in [0.5, 0.6) is 0 Å². The van der Waals surface area contributed by atoms with Crippen LogP contribution in [0.25, 0.3) is 0 Å². The molecule has 1 aliphatic heterocycles. The van der Waals surface area contributed by atoms with Crippen molar-refractivity contribution in [3.05, 3.63) is 0 Å². The first kappa shape index (κ1) is 13.0. The Kier molecular flexibility index (Phi) is 4.57. The number of hydrogen-bond donors (Lipinski definition) is 0. The molecular weight excluding hydrogens is 212 g/mol. The average molecular weight is 238 g/mol. The molecule has 0 aromatic rings. The van der Waals surface area contributed by atoms with Crippen LogP contribution < -0.4 is 0 Å². The number of nitrogens with zero attached hydrogens (tertiary/aromatic N) is 2. The van der Waals surface area contributed by atoms with E-state index in [0.717, 1.165) is 45.4 Å². The van der Waals surface area contributed by atoms with Crippen LogP contribution in [0, 0.1) is 0 Å². The molecule has 98 valence electrons. The number of rotatable bonds is 3. The van der Waals surface area contributed by atoms with Crippen LogP contribution in [0.1, 0.15) is 46.0 Å². The van der Waals surface area contributed by atoms with Gasteiger partial charge in [0.1, 0.15) is 5.78 Å². The highest BCUT2D eigenvalue weighted by atomic mass is 16.1. The van der Waals surface area contributed by atoms with Crippen molar-refractivity contribution in [2.75, 3.05) is 26.2 Å². The van der Waals surface area contributed by atoms with Crippen molar-refractivity contribution in [3.63, 3.8) is 0 Å². The highest BCUT2D eigenvalue weighted by Gasteiger charge is 2.31. The molecule has 1 saturated carbocycles. The van der Waals surface area contributed by atoms with E-state index in [2.05, 4.69) is 23.6 Å². The lowest BCUT2D eigenvalue weighted by Crippen LogP contribution is -2.54. The highest BCUT2D eigenvalue weighted by molar-refractivity contribution is 5.84. The van der Waals surface area contributed by atoms with E-state index in [-0.39, 0.29) is 6.04 Å². The Morgan fingerprint density at radius 2 is 1.94 bits per heavy atom. The number of Topliss-reactive ketones (excluding diaryl/α,β-unsaturated/α-hetero) is 1. The van der Waals surface area contributed by atoms with Crippen molar-refractivity contribution < 1.29 is 4.79 Å². The van der Waals surface area contributed by atoms with Gasteiger partial charge in [-0.25, -0.2) is 0 Å². The summed E-state index contributed by atoms with van der Waals surface area (Å²) in [5, 5.41) is 0.